The number of likely N-dealkylation sites (tertiary alicyclic amines) is 1. The molecule has 1 unspecified atom stereocenters. The zero-order valence-electron chi connectivity index (χ0n) is 15.7. The quantitative estimate of drug-likeness (QED) is 0.775. The normalized spacial score (nSPS) is 18.6. The van der Waals surface area contributed by atoms with Crippen LogP contribution in [0, 0.1) is 11.3 Å². The van der Waals surface area contributed by atoms with E-state index in [2.05, 4.69) is 34.7 Å². The molecule has 1 aliphatic rings. The van der Waals surface area contributed by atoms with Gasteiger partial charge in [-0.15, -0.1) is 36.2 Å². The van der Waals surface area contributed by atoms with Gasteiger partial charge in [-0.1, -0.05) is 33.8 Å². The molecule has 0 saturated carbocycles. The van der Waals surface area contributed by atoms with Crippen molar-refractivity contribution in [2.75, 3.05) is 19.6 Å². The number of piperidine rings is 1. The van der Waals surface area contributed by atoms with Crippen LogP contribution in [0.5, 0.6) is 0 Å². The maximum absolute atomic E-state index is 12.3. The molecule has 25 heavy (non-hydrogen) atoms. The number of thiophene rings is 1. The van der Waals surface area contributed by atoms with Crippen LogP contribution >= 0.6 is 36.2 Å². The van der Waals surface area contributed by atoms with E-state index >= 15 is 0 Å². The van der Waals surface area contributed by atoms with Crippen LogP contribution in [0.25, 0.3) is 0 Å². The molecule has 1 aromatic rings. The Balaban J connectivity index is 0.00000288. The summed E-state index contributed by atoms with van der Waals surface area (Å²) in [5.74, 6) is 0.753. The van der Waals surface area contributed by atoms with Gasteiger partial charge in [0.2, 0.25) is 5.91 Å². The van der Waals surface area contributed by atoms with E-state index < -0.39 is 6.04 Å². The third kappa shape index (κ3) is 7.06. The number of amides is 1. The van der Waals surface area contributed by atoms with Gasteiger partial charge in [0.15, 0.2) is 0 Å². The third-order valence-corrected chi connectivity index (χ3v) is 5.79. The molecule has 3 N–H and O–H groups in total. The van der Waals surface area contributed by atoms with Crippen LogP contribution in [0.15, 0.2) is 17.5 Å². The SMILES string of the molecule is CC1CCN(C(CNC(=O)[C@@H](N)C(C)(C)C)c2cccs2)CC1.Cl.Cl. The number of hydrogen-bond acceptors (Lipinski definition) is 4. The fourth-order valence-electron chi connectivity index (χ4n) is 2.93. The number of hydrogen-bond donors (Lipinski definition) is 2. The van der Waals surface area contributed by atoms with E-state index in [1.807, 2.05) is 20.8 Å². The molecule has 0 spiro atoms. The van der Waals surface area contributed by atoms with Crippen molar-refractivity contribution in [3.05, 3.63) is 22.4 Å². The molecule has 146 valence electrons. The first-order chi connectivity index (χ1) is 10.8. The second kappa shape index (κ2) is 10.7. The first kappa shape index (κ1) is 24.7. The minimum atomic E-state index is -0.479. The number of halogens is 2. The largest absolute Gasteiger partial charge is 0.353 e. The Hall–Kier alpha value is -0.330. The van der Waals surface area contributed by atoms with Crippen molar-refractivity contribution in [1.82, 2.24) is 10.2 Å². The molecule has 2 rings (SSSR count). The van der Waals surface area contributed by atoms with Crippen LogP contribution in [-0.2, 0) is 4.79 Å². The number of carbonyl (C=O) groups is 1. The number of rotatable bonds is 5. The summed E-state index contributed by atoms with van der Waals surface area (Å²) in [6.07, 6.45) is 2.47. The summed E-state index contributed by atoms with van der Waals surface area (Å²) in [5.41, 5.74) is 5.85. The minimum absolute atomic E-state index is 0. The van der Waals surface area contributed by atoms with Gasteiger partial charge in [0.25, 0.3) is 0 Å². The monoisotopic (exact) mass is 409 g/mol. The van der Waals surface area contributed by atoms with E-state index in [1.54, 1.807) is 11.3 Å². The number of carbonyl (C=O) groups excluding carboxylic acids is 1. The van der Waals surface area contributed by atoms with E-state index in [9.17, 15) is 4.79 Å². The van der Waals surface area contributed by atoms with E-state index in [0.717, 1.165) is 19.0 Å². The molecular formula is C18H33Cl2N3OS. The first-order valence-corrected chi connectivity index (χ1v) is 9.47. The lowest BCUT2D eigenvalue weighted by Gasteiger charge is -2.37. The van der Waals surface area contributed by atoms with E-state index in [0.29, 0.717) is 6.54 Å². The van der Waals surface area contributed by atoms with E-state index in [1.165, 1.54) is 17.7 Å². The Morgan fingerprint density at radius 3 is 2.44 bits per heavy atom. The van der Waals surface area contributed by atoms with Crippen molar-refractivity contribution in [1.29, 1.82) is 0 Å². The molecule has 1 aromatic heterocycles. The number of nitrogens with two attached hydrogens (primary N) is 1. The highest BCUT2D eigenvalue weighted by Gasteiger charge is 2.30. The molecule has 2 heterocycles. The highest BCUT2D eigenvalue weighted by atomic mass is 35.5. The average Bonchev–Trinajstić information content (AvgIpc) is 3.01. The van der Waals surface area contributed by atoms with Gasteiger partial charge in [-0.2, -0.15) is 0 Å². The van der Waals surface area contributed by atoms with Gasteiger partial charge in [-0.3, -0.25) is 9.69 Å². The molecule has 7 heteroatoms. The molecule has 0 radical (unpaired) electrons. The molecule has 2 atom stereocenters. The van der Waals surface area contributed by atoms with Gasteiger partial charge in [-0.05, 0) is 48.7 Å². The van der Waals surface area contributed by atoms with E-state index in [-0.39, 0.29) is 42.2 Å². The fourth-order valence-corrected chi connectivity index (χ4v) is 3.79. The molecule has 1 aliphatic heterocycles. The second-order valence-corrected chi connectivity index (χ2v) is 8.82. The number of nitrogens with zero attached hydrogens (tertiary/aromatic N) is 1. The van der Waals surface area contributed by atoms with Gasteiger partial charge in [-0.25, -0.2) is 0 Å². The van der Waals surface area contributed by atoms with Crippen molar-refractivity contribution in [3.63, 3.8) is 0 Å². The van der Waals surface area contributed by atoms with Gasteiger partial charge < -0.3 is 11.1 Å². The van der Waals surface area contributed by atoms with Crippen LogP contribution in [0.3, 0.4) is 0 Å². The Morgan fingerprint density at radius 2 is 1.96 bits per heavy atom. The summed E-state index contributed by atoms with van der Waals surface area (Å²) in [7, 11) is 0. The van der Waals surface area contributed by atoms with Gasteiger partial charge in [0.1, 0.15) is 0 Å². The van der Waals surface area contributed by atoms with Gasteiger partial charge >= 0.3 is 0 Å². The third-order valence-electron chi connectivity index (χ3n) is 4.82. The standard InChI is InChI=1S/C18H31N3OS.2ClH/c1-13-7-9-21(10-8-13)14(15-6-5-11-23-15)12-20-17(22)16(19)18(2,3)4;;/h5-6,11,13-14,16H,7-10,12,19H2,1-4H3,(H,20,22);2*1H/t14?,16-;;/m1../s1. The van der Waals surface area contributed by atoms with Crippen LogP contribution in [0.2, 0.25) is 0 Å². The summed E-state index contributed by atoms with van der Waals surface area (Å²) < 4.78 is 0. The van der Waals surface area contributed by atoms with Crippen LogP contribution in [0.1, 0.15) is 51.5 Å². The van der Waals surface area contributed by atoms with Crippen molar-refractivity contribution >= 4 is 42.1 Å². The van der Waals surface area contributed by atoms with Crippen LogP contribution < -0.4 is 11.1 Å². The highest BCUT2D eigenvalue weighted by molar-refractivity contribution is 7.10. The zero-order valence-corrected chi connectivity index (χ0v) is 18.1. The molecule has 0 aliphatic carbocycles. The predicted molar refractivity (Wildman–Crippen MR) is 112 cm³/mol. The first-order valence-electron chi connectivity index (χ1n) is 8.59. The lowest BCUT2D eigenvalue weighted by atomic mass is 9.87. The van der Waals surface area contributed by atoms with Crippen molar-refractivity contribution < 1.29 is 4.79 Å². The number of nitrogens with one attached hydrogen (secondary N) is 1. The van der Waals surface area contributed by atoms with Crippen molar-refractivity contribution in [3.8, 4) is 0 Å². The zero-order chi connectivity index (χ0) is 17.0. The maximum Gasteiger partial charge on any atom is 0.237 e. The smallest absolute Gasteiger partial charge is 0.237 e. The minimum Gasteiger partial charge on any atom is -0.353 e. The summed E-state index contributed by atoms with van der Waals surface area (Å²) in [5, 5.41) is 5.20. The summed E-state index contributed by atoms with van der Waals surface area (Å²) in [6, 6.07) is 4.04. The summed E-state index contributed by atoms with van der Waals surface area (Å²) in [4.78, 5) is 16.2. The Labute approximate surface area is 168 Å². The second-order valence-electron chi connectivity index (χ2n) is 7.84. The molecular weight excluding hydrogens is 377 g/mol. The van der Waals surface area contributed by atoms with Gasteiger partial charge in [0.05, 0.1) is 12.1 Å². The molecule has 0 aromatic carbocycles. The molecule has 0 bridgehead atoms. The lowest BCUT2D eigenvalue weighted by molar-refractivity contribution is -0.124. The van der Waals surface area contributed by atoms with Crippen molar-refractivity contribution in [2.24, 2.45) is 17.1 Å². The molecule has 1 saturated heterocycles. The van der Waals surface area contributed by atoms with E-state index in [4.69, 9.17) is 5.73 Å². The van der Waals surface area contributed by atoms with Crippen LogP contribution in [-0.4, -0.2) is 36.5 Å². The van der Waals surface area contributed by atoms with Crippen LogP contribution in [0.4, 0.5) is 0 Å². The van der Waals surface area contributed by atoms with Crippen molar-refractivity contribution in [2.45, 2.75) is 52.6 Å². The maximum atomic E-state index is 12.3. The van der Waals surface area contributed by atoms with Gasteiger partial charge in [0, 0.05) is 11.4 Å². The molecule has 1 amide bonds. The molecule has 1 fully saturated rings. The lowest BCUT2D eigenvalue weighted by Crippen LogP contribution is -2.50. The average molecular weight is 410 g/mol. The Kier molecular flexibility index (Phi) is 10.6. The summed E-state index contributed by atoms with van der Waals surface area (Å²) >= 11 is 1.77. The topological polar surface area (TPSA) is 58.4 Å². The molecule has 4 nitrogen and oxygen atoms in total. The Morgan fingerprint density at radius 1 is 1.36 bits per heavy atom. The predicted octanol–water partition coefficient (Wildman–Crippen LogP) is 3.85. The Bertz CT molecular complexity index is 497. The summed E-state index contributed by atoms with van der Waals surface area (Å²) in [6.45, 7) is 11.2. The highest BCUT2D eigenvalue weighted by Crippen LogP contribution is 2.29. The fraction of sp³-hybridized carbons (Fsp3) is 0.722.